The Morgan fingerprint density at radius 2 is 2.31 bits per heavy atom. The van der Waals surface area contributed by atoms with Crippen molar-refractivity contribution in [2.24, 2.45) is 0 Å². The number of benzene rings is 1. The van der Waals surface area contributed by atoms with Gasteiger partial charge in [-0.05, 0) is 25.1 Å². The lowest BCUT2D eigenvalue weighted by Crippen LogP contribution is -1.85. The lowest BCUT2D eigenvalue weighted by molar-refractivity contribution is 0.962. The summed E-state index contributed by atoms with van der Waals surface area (Å²) in [5.74, 6) is 0.815. The van der Waals surface area contributed by atoms with Crippen molar-refractivity contribution in [3.63, 3.8) is 0 Å². The summed E-state index contributed by atoms with van der Waals surface area (Å²) in [7, 11) is 0. The van der Waals surface area contributed by atoms with E-state index >= 15 is 0 Å². The third-order valence-electron chi connectivity index (χ3n) is 1.84. The molecule has 2 nitrogen and oxygen atoms in total. The molecule has 1 heterocycles. The molecule has 0 bridgehead atoms. The van der Waals surface area contributed by atoms with E-state index in [1.54, 1.807) is 0 Å². The summed E-state index contributed by atoms with van der Waals surface area (Å²) in [5.41, 5.74) is 1.96. The van der Waals surface area contributed by atoms with E-state index in [0.29, 0.717) is 0 Å². The first-order valence-electron chi connectivity index (χ1n) is 3.96. The number of H-pyrrole nitrogens is 1. The Bertz CT molecular complexity index is 436. The fourth-order valence-electron chi connectivity index (χ4n) is 1.19. The molecule has 1 aromatic heterocycles. The molecule has 0 aliphatic rings. The van der Waals surface area contributed by atoms with Crippen molar-refractivity contribution in [2.75, 3.05) is 0 Å². The molecule has 0 saturated heterocycles. The van der Waals surface area contributed by atoms with Gasteiger partial charge in [0.1, 0.15) is 5.82 Å². The van der Waals surface area contributed by atoms with Crippen LogP contribution in [0.15, 0.2) is 22.7 Å². The Kier molecular flexibility index (Phi) is 2.30. The quantitative estimate of drug-likeness (QED) is 0.779. The van der Waals surface area contributed by atoms with Gasteiger partial charge in [0.05, 0.1) is 16.4 Å². The zero-order valence-electron chi connectivity index (χ0n) is 7.01. The lowest BCUT2D eigenvalue weighted by atomic mass is 10.3. The predicted molar refractivity (Wildman–Crippen MR) is 58.1 cm³/mol. The first-order chi connectivity index (χ1) is 6.16. The van der Waals surface area contributed by atoms with Crippen LogP contribution >= 0.6 is 27.5 Å². The number of fused-ring (bicyclic) bond motifs is 1. The first kappa shape index (κ1) is 9.03. The van der Waals surface area contributed by atoms with Gasteiger partial charge in [0.15, 0.2) is 0 Å². The maximum atomic E-state index is 5.91. The SMILES string of the molecule is C[C@@H](Cl)c1nc2ccc(Br)cc2[nH]1. The molecular formula is C9H8BrClN2. The lowest BCUT2D eigenvalue weighted by Gasteiger charge is -1.93. The minimum absolute atomic E-state index is 0.0776. The topological polar surface area (TPSA) is 28.7 Å². The number of aromatic amines is 1. The third-order valence-corrected chi connectivity index (χ3v) is 2.54. The average Bonchev–Trinajstić information content (AvgIpc) is 2.46. The van der Waals surface area contributed by atoms with E-state index in [-0.39, 0.29) is 5.38 Å². The second kappa shape index (κ2) is 3.31. The van der Waals surface area contributed by atoms with E-state index in [9.17, 15) is 0 Å². The van der Waals surface area contributed by atoms with Gasteiger partial charge in [-0.2, -0.15) is 0 Å². The van der Waals surface area contributed by atoms with Crippen LogP contribution in [0.2, 0.25) is 0 Å². The normalized spacial score (nSPS) is 13.5. The van der Waals surface area contributed by atoms with Gasteiger partial charge in [0.25, 0.3) is 0 Å². The van der Waals surface area contributed by atoms with Crippen molar-refractivity contribution in [3.8, 4) is 0 Å². The van der Waals surface area contributed by atoms with Crippen molar-refractivity contribution in [2.45, 2.75) is 12.3 Å². The fraction of sp³-hybridized carbons (Fsp3) is 0.222. The molecule has 0 amide bonds. The molecule has 13 heavy (non-hydrogen) atoms. The third kappa shape index (κ3) is 1.71. The first-order valence-corrected chi connectivity index (χ1v) is 5.19. The van der Waals surface area contributed by atoms with E-state index in [4.69, 9.17) is 11.6 Å². The summed E-state index contributed by atoms with van der Waals surface area (Å²) >= 11 is 9.31. The molecule has 1 atom stereocenters. The predicted octanol–water partition coefficient (Wildman–Crippen LogP) is 3.63. The molecule has 0 radical (unpaired) electrons. The van der Waals surface area contributed by atoms with Gasteiger partial charge in [-0.25, -0.2) is 4.98 Å². The highest BCUT2D eigenvalue weighted by atomic mass is 79.9. The van der Waals surface area contributed by atoms with Crippen LogP contribution in [0, 0.1) is 0 Å². The van der Waals surface area contributed by atoms with Crippen LogP contribution in [0.3, 0.4) is 0 Å². The zero-order chi connectivity index (χ0) is 9.42. The fourth-order valence-corrected chi connectivity index (χ4v) is 1.65. The summed E-state index contributed by atoms with van der Waals surface area (Å²) in [6, 6.07) is 5.91. The molecule has 2 rings (SSSR count). The molecule has 0 aliphatic carbocycles. The average molecular weight is 260 g/mol. The number of alkyl halides is 1. The number of hydrogen-bond donors (Lipinski definition) is 1. The van der Waals surface area contributed by atoms with Crippen molar-refractivity contribution in [1.82, 2.24) is 9.97 Å². The van der Waals surface area contributed by atoms with Crippen molar-refractivity contribution >= 4 is 38.6 Å². The Morgan fingerprint density at radius 3 is 3.00 bits per heavy atom. The van der Waals surface area contributed by atoms with Crippen LogP contribution in [-0.2, 0) is 0 Å². The van der Waals surface area contributed by atoms with Gasteiger partial charge in [-0.1, -0.05) is 15.9 Å². The number of hydrogen-bond acceptors (Lipinski definition) is 1. The van der Waals surface area contributed by atoms with Crippen LogP contribution in [0.4, 0.5) is 0 Å². The minimum Gasteiger partial charge on any atom is -0.341 e. The highest BCUT2D eigenvalue weighted by Crippen LogP contribution is 2.22. The number of rotatable bonds is 1. The Morgan fingerprint density at radius 1 is 1.54 bits per heavy atom. The molecule has 2 aromatic rings. The molecule has 0 saturated carbocycles. The van der Waals surface area contributed by atoms with Gasteiger partial charge in [0, 0.05) is 4.47 Å². The standard InChI is InChI=1S/C9H8BrClN2/c1-5(11)9-12-7-3-2-6(10)4-8(7)13-9/h2-5H,1H3,(H,12,13)/t5-/m1/s1. The molecule has 68 valence electrons. The van der Waals surface area contributed by atoms with E-state index in [1.807, 2.05) is 25.1 Å². The van der Waals surface area contributed by atoms with Gasteiger partial charge in [0.2, 0.25) is 0 Å². The number of nitrogens with one attached hydrogen (secondary N) is 1. The number of imidazole rings is 1. The molecule has 1 aromatic carbocycles. The highest BCUT2D eigenvalue weighted by Gasteiger charge is 2.07. The largest absolute Gasteiger partial charge is 0.341 e. The second-order valence-electron chi connectivity index (χ2n) is 2.90. The number of aromatic nitrogens is 2. The maximum Gasteiger partial charge on any atom is 0.125 e. The number of halogens is 2. The van der Waals surface area contributed by atoms with Crippen molar-refractivity contribution < 1.29 is 0 Å². The van der Waals surface area contributed by atoms with E-state index in [1.165, 1.54) is 0 Å². The zero-order valence-corrected chi connectivity index (χ0v) is 9.35. The summed E-state index contributed by atoms with van der Waals surface area (Å²) in [4.78, 5) is 7.51. The van der Waals surface area contributed by atoms with Gasteiger partial charge in [-0.3, -0.25) is 0 Å². The Balaban J connectivity index is 2.62. The van der Waals surface area contributed by atoms with Crippen molar-refractivity contribution in [3.05, 3.63) is 28.5 Å². The van der Waals surface area contributed by atoms with Crippen LogP contribution in [0.25, 0.3) is 11.0 Å². The van der Waals surface area contributed by atoms with E-state index in [2.05, 4.69) is 25.9 Å². The molecule has 4 heteroatoms. The second-order valence-corrected chi connectivity index (χ2v) is 4.47. The molecule has 1 N–H and O–H groups in total. The summed E-state index contributed by atoms with van der Waals surface area (Å²) in [6.45, 7) is 1.90. The maximum absolute atomic E-state index is 5.91. The highest BCUT2D eigenvalue weighted by molar-refractivity contribution is 9.10. The summed E-state index contributed by atoms with van der Waals surface area (Å²) in [5, 5.41) is -0.0776. The van der Waals surface area contributed by atoms with Crippen LogP contribution < -0.4 is 0 Å². The molecule has 0 fully saturated rings. The Labute approximate surface area is 89.4 Å². The Hall–Kier alpha value is -0.540. The molecule has 0 unspecified atom stereocenters. The molecule has 0 spiro atoms. The minimum atomic E-state index is -0.0776. The molecule has 0 aliphatic heterocycles. The van der Waals surface area contributed by atoms with Gasteiger partial charge in [-0.15, -0.1) is 11.6 Å². The molecular weight excluding hydrogens is 251 g/mol. The summed E-state index contributed by atoms with van der Waals surface area (Å²) in [6.07, 6.45) is 0. The summed E-state index contributed by atoms with van der Waals surface area (Å²) < 4.78 is 1.04. The van der Waals surface area contributed by atoms with Crippen LogP contribution in [0.5, 0.6) is 0 Å². The van der Waals surface area contributed by atoms with E-state index in [0.717, 1.165) is 21.3 Å². The number of nitrogens with zero attached hydrogens (tertiary/aromatic N) is 1. The van der Waals surface area contributed by atoms with Crippen LogP contribution in [-0.4, -0.2) is 9.97 Å². The van der Waals surface area contributed by atoms with Gasteiger partial charge >= 0.3 is 0 Å². The van der Waals surface area contributed by atoms with E-state index < -0.39 is 0 Å². The van der Waals surface area contributed by atoms with Gasteiger partial charge < -0.3 is 4.98 Å². The monoisotopic (exact) mass is 258 g/mol. The smallest absolute Gasteiger partial charge is 0.125 e. The van der Waals surface area contributed by atoms with Crippen molar-refractivity contribution in [1.29, 1.82) is 0 Å². The van der Waals surface area contributed by atoms with Crippen LogP contribution in [0.1, 0.15) is 18.1 Å².